The zero-order chi connectivity index (χ0) is 17.0. The van der Waals surface area contributed by atoms with Gasteiger partial charge in [-0.1, -0.05) is 18.9 Å². The Hall–Kier alpha value is -1.89. The SMILES string of the molecule is CC(NC(=O)c1cccs1)C(=O)NC1(C)CCCCC1C(=O)O. The van der Waals surface area contributed by atoms with Crippen molar-refractivity contribution in [3.8, 4) is 0 Å². The average molecular weight is 338 g/mol. The first kappa shape index (κ1) is 17.5. The van der Waals surface area contributed by atoms with Crippen LogP contribution < -0.4 is 10.6 Å². The van der Waals surface area contributed by atoms with Crippen LogP contribution in [-0.2, 0) is 9.59 Å². The quantitative estimate of drug-likeness (QED) is 0.765. The Labute approximate surface area is 139 Å². The number of hydrogen-bond acceptors (Lipinski definition) is 4. The fraction of sp³-hybridized carbons (Fsp3) is 0.562. The number of hydrogen-bond donors (Lipinski definition) is 3. The first-order valence-corrected chi connectivity index (χ1v) is 8.60. The first-order chi connectivity index (χ1) is 10.8. The molecule has 0 spiro atoms. The van der Waals surface area contributed by atoms with Gasteiger partial charge in [0.1, 0.15) is 6.04 Å². The van der Waals surface area contributed by atoms with E-state index in [1.54, 1.807) is 31.4 Å². The maximum atomic E-state index is 12.4. The van der Waals surface area contributed by atoms with Crippen LogP contribution in [0.5, 0.6) is 0 Å². The summed E-state index contributed by atoms with van der Waals surface area (Å²) in [6.07, 6.45) is 2.92. The second-order valence-corrected chi connectivity index (χ2v) is 7.16. The molecule has 1 aliphatic carbocycles. The Morgan fingerprint density at radius 1 is 1.39 bits per heavy atom. The summed E-state index contributed by atoms with van der Waals surface area (Å²) in [7, 11) is 0. The molecule has 1 aliphatic rings. The van der Waals surface area contributed by atoms with Gasteiger partial charge in [-0.3, -0.25) is 14.4 Å². The zero-order valence-corrected chi connectivity index (χ0v) is 14.1. The average Bonchev–Trinajstić information content (AvgIpc) is 3.01. The molecule has 0 bridgehead atoms. The molecule has 23 heavy (non-hydrogen) atoms. The number of rotatable bonds is 5. The summed E-state index contributed by atoms with van der Waals surface area (Å²) in [5.74, 6) is -2.14. The van der Waals surface area contributed by atoms with Crippen molar-refractivity contribution in [2.75, 3.05) is 0 Å². The molecular weight excluding hydrogens is 316 g/mol. The Kier molecular flexibility index (Phi) is 5.41. The number of amides is 2. The van der Waals surface area contributed by atoms with Crippen molar-refractivity contribution in [3.05, 3.63) is 22.4 Å². The Balaban J connectivity index is 1.99. The second kappa shape index (κ2) is 7.12. The third-order valence-electron chi connectivity index (χ3n) is 4.40. The van der Waals surface area contributed by atoms with Crippen molar-refractivity contribution in [1.29, 1.82) is 0 Å². The molecule has 126 valence electrons. The zero-order valence-electron chi connectivity index (χ0n) is 13.3. The Morgan fingerprint density at radius 3 is 2.74 bits per heavy atom. The van der Waals surface area contributed by atoms with Crippen LogP contribution in [0.3, 0.4) is 0 Å². The smallest absolute Gasteiger partial charge is 0.308 e. The molecule has 1 saturated carbocycles. The molecular formula is C16H22N2O4S. The molecule has 3 atom stereocenters. The van der Waals surface area contributed by atoms with Crippen LogP contribution in [0.1, 0.15) is 49.2 Å². The molecule has 0 aromatic carbocycles. The van der Waals surface area contributed by atoms with Crippen molar-refractivity contribution in [2.24, 2.45) is 5.92 Å². The van der Waals surface area contributed by atoms with Gasteiger partial charge in [0.2, 0.25) is 5.91 Å². The molecule has 2 rings (SSSR count). The van der Waals surface area contributed by atoms with Crippen molar-refractivity contribution in [1.82, 2.24) is 10.6 Å². The Bertz CT molecular complexity index is 587. The van der Waals surface area contributed by atoms with E-state index < -0.39 is 23.5 Å². The maximum Gasteiger partial charge on any atom is 0.308 e. The standard InChI is InChI=1S/C16H22N2O4S/c1-10(17-14(20)12-7-5-9-23-12)13(19)18-16(2)8-4-3-6-11(16)15(21)22/h5,7,9-11H,3-4,6,8H2,1-2H3,(H,17,20)(H,18,19)(H,21,22). The highest BCUT2D eigenvalue weighted by molar-refractivity contribution is 7.12. The summed E-state index contributed by atoms with van der Waals surface area (Å²) in [4.78, 5) is 36.3. The largest absolute Gasteiger partial charge is 0.481 e. The van der Waals surface area contributed by atoms with Crippen LogP contribution in [-0.4, -0.2) is 34.5 Å². The predicted octanol–water partition coefficient (Wildman–Crippen LogP) is 2.02. The van der Waals surface area contributed by atoms with Crippen LogP contribution in [0.15, 0.2) is 17.5 Å². The minimum Gasteiger partial charge on any atom is -0.481 e. The molecule has 1 aromatic heterocycles. The summed E-state index contributed by atoms with van der Waals surface area (Å²) in [6.45, 7) is 3.37. The van der Waals surface area contributed by atoms with Gasteiger partial charge in [0.15, 0.2) is 0 Å². The lowest BCUT2D eigenvalue weighted by atomic mass is 9.73. The predicted molar refractivity (Wildman–Crippen MR) is 87.4 cm³/mol. The number of aliphatic carboxylic acids is 1. The molecule has 3 N–H and O–H groups in total. The third kappa shape index (κ3) is 4.10. The van der Waals surface area contributed by atoms with E-state index in [4.69, 9.17) is 0 Å². The lowest BCUT2D eigenvalue weighted by molar-refractivity contribution is -0.146. The number of thiophene rings is 1. The fourth-order valence-electron chi connectivity index (χ4n) is 3.01. The highest BCUT2D eigenvalue weighted by Gasteiger charge is 2.42. The minimum absolute atomic E-state index is 0.300. The van der Waals surface area contributed by atoms with Crippen molar-refractivity contribution < 1.29 is 19.5 Å². The van der Waals surface area contributed by atoms with Gasteiger partial charge < -0.3 is 15.7 Å². The van der Waals surface area contributed by atoms with Gasteiger partial charge in [-0.25, -0.2) is 0 Å². The van der Waals surface area contributed by atoms with Gasteiger partial charge in [0.25, 0.3) is 5.91 Å². The normalized spacial score (nSPS) is 25.4. The molecule has 0 aliphatic heterocycles. The first-order valence-electron chi connectivity index (χ1n) is 7.72. The molecule has 7 heteroatoms. The van der Waals surface area contributed by atoms with Gasteiger partial charge in [-0.05, 0) is 38.1 Å². The van der Waals surface area contributed by atoms with Crippen LogP contribution in [0.2, 0.25) is 0 Å². The lowest BCUT2D eigenvalue weighted by Crippen LogP contribution is -2.59. The van der Waals surface area contributed by atoms with Gasteiger partial charge >= 0.3 is 5.97 Å². The van der Waals surface area contributed by atoms with Gasteiger partial charge in [-0.15, -0.1) is 11.3 Å². The highest BCUT2D eigenvalue weighted by atomic mass is 32.1. The fourth-order valence-corrected chi connectivity index (χ4v) is 3.64. The molecule has 3 unspecified atom stereocenters. The van der Waals surface area contributed by atoms with E-state index in [1.165, 1.54) is 11.3 Å². The van der Waals surface area contributed by atoms with E-state index in [-0.39, 0.29) is 11.8 Å². The monoisotopic (exact) mass is 338 g/mol. The molecule has 1 heterocycles. The van der Waals surface area contributed by atoms with Gasteiger partial charge in [0, 0.05) is 0 Å². The summed E-state index contributed by atoms with van der Waals surface area (Å²) >= 11 is 1.30. The lowest BCUT2D eigenvalue weighted by Gasteiger charge is -2.40. The number of nitrogens with one attached hydrogen (secondary N) is 2. The summed E-state index contributed by atoms with van der Waals surface area (Å²) < 4.78 is 0. The van der Waals surface area contributed by atoms with E-state index in [0.717, 1.165) is 12.8 Å². The number of carboxylic acid groups (broad SMARTS) is 1. The van der Waals surface area contributed by atoms with Crippen molar-refractivity contribution >= 4 is 29.1 Å². The maximum absolute atomic E-state index is 12.4. The molecule has 6 nitrogen and oxygen atoms in total. The Morgan fingerprint density at radius 2 is 2.13 bits per heavy atom. The highest BCUT2D eigenvalue weighted by Crippen LogP contribution is 2.33. The topological polar surface area (TPSA) is 95.5 Å². The van der Waals surface area contributed by atoms with Crippen molar-refractivity contribution in [3.63, 3.8) is 0 Å². The van der Waals surface area contributed by atoms with Crippen LogP contribution in [0.25, 0.3) is 0 Å². The van der Waals surface area contributed by atoms with E-state index in [2.05, 4.69) is 10.6 Å². The van der Waals surface area contributed by atoms with Crippen LogP contribution >= 0.6 is 11.3 Å². The van der Waals surface area contributed by atoms with E-state index in [0.29, 0.717) is 17.7 Å². The molecule has 1 aromatic rings. The summed E-state index contributed by atoms with van der Waals surface area (Å²) in [5.41, 5.74) is -0.775. The molecule has 1 fully saturated rings. The molecule has 0 radical (unpaired) electrons. The van der Waals surface area contributed by atoms with Gasteiger partial charge in [-0.2, -0.15) is 0 Å². The number of carbonyl (C=O) groups excluding carboxylic acids is 2. The van der Waals surface area contributed by atoms with E-state index >= 15 is 0 Å². The van der Waals surface area contributed by atoms with Crippen LogP contribution in [0.4, 0.5) is 0 Å². The summed E-state index contributed by atoms with van der Waals surface area (Å²) in [6, 6.07) is 2.73. The van der Waals surface area contributed by atoms with Crippen LogP contribution in [0, 0.1) is 5.92 Å². The minimum atomic E-state index is -0.886. The third-order valence-corrected chi connectivity index (χ3v) is 5.27. The molecule has 2 amide bonds. The van der Waals surface area contributed by atoms with E-state index in [1.807, 2.05) is 0 Å². The van der Waals surface area contributed by atoms with Gasteiger partial charge in [0.05, 0.1) is 16.3 Å². The number of carboxylic acids is 1. The number of carbonyl (C=O) groups is 3. The van der Waals surface area contributed by atoms with Crippen molar-refractivity contribution in [2.45, 2.75) is 51.1 Å². The molecule has 0 saturated heterocycles. The second-order valence-electron chi connectivity index (χ2n) is 6.22. The summed E-state index contributed by atoms with van der Waals surface area (Å²) in [5, 5.41) is 16.7. The van der Waals surface area contributed by atoms with E-state index in [9.17, 15) is 19.5 Å².